The van der Waals surface area contributed by atoms with Gasteiger partial charge in [0, 0.05) is 11.6 Å². The Balaban J connectivity index is 1.81. The third kappa shape index (κ3) is 4.16. The molecule has 1 aromatic heterocycles. The number of aliphatic imine (C=N–C) groups is 1. The molecule has 1 aliphatic rings. The fourth-order valence-corrected chi connectivity index (χ4v) is 3.82. The number of hydrogen-bond donors (Lipinski definition) is 0. The van der Waals surface area contributed by atoms with Crippen molar-refractivity contribution in [3.05, 3.63) is 71.0 Å². The fraction of sp³-hybridized carbons (Fsp3) is 0.136. The average molecular weight is 465 g/mol. The quantitative estimate of drug-likeness (QED) is 0.331. The van der Waals surface area contributed by atoms with Gasteiger partial charge in [-0.3, -0.25) is 9.78 Å². The highest BCUT2D eigenvalue weighted by atomic mass is 35.5. The summed E-state index contributed by atoms with van der Waals surface area (Å²) in [4.78, 5) is 20.1. The lowest BCUT2D eigenvalue weighted by molar-refractivity contribution is -0.136. The maximum absolute atomic E-state index is 13.4. The molecule has 1 aliphatic heterocycles. The summed E-state index contributed by atoms with van der Waals surface area (Å²) in [5.74, 6) is -0.548. The first-order chi connectivity index (χ1) is 14.6. The number of carbonyl (C=O) groups excluding carboxylic acids is 1. The molecular weight excluding hydrogens is 452 g/mol. The van der Waals surface area contributed by atoms with E-state index in [1.165, 1.54) is 18.3 Å². The topological polar surface area (TPSA) is 51.6 Å². The average Bonchev–Trinajstić information content (AvgIpc) is 2.70. The van der Waals surface area contributed by atoms with Crippen molar-refractivity contribution in [2.45, 2.75) is 18.5 Å². The second kappa shape index (κ2) is 7.98. The number of benzene rings is 2. The van der Waals surface area contributed by atoms with Gasteiger partial charge in [0.05, 0.1) is 11.1 Å². The summed E-state index contributed by atoms with van der Waals surface area (Å²) in [6.45, 7) is 1.76. The molecule has 1 unspecified atom stereocenters. The number of halogens is 5. The van der Waals surface area contributed by atoms with Gasteiger partial charge < -0.3 is 4.74 Å². The van der Waals surface area contributed by atoms with E-state index >= 15 is 0 Å². The molecule has 4 nitrogen and oxygen atoms in total. The van der Waals surface area contributed by atoms with Gasteiger partial charge in [-0.2, -0.15) is 18.2 Å². The van der Waals surface area contributed by atoms with Gasteiger partial charge in [0.1, 0.15) is 16.3 Å². The summed E-state index contributed by atoms with van der Waals surface area (Å²) >= 11 is 11.8. The number of carbonyl (C=O) groups is 1. The SMILES string of the molecule is Cc1cnc2c(C(F)(F)F)cccc2c1-c1cccc(OC2=NC(Cl)=CC(Cl)C2=O)c1. The van der Waals surface area contributed by atoms with E-state index in [1.54, 1.807) is 37.3 Å². The maximum atomic E-state index is 13.4. The van der Waals surface area contributed by atoms with Gasteiger partial charge in [-0.15, -0.1) is 11.6 Å². The van der Waals surface area contributed by atoms with Crippen LogP contribution in [0, 0.1) is 6.92 Å². The van der Waals surface area contributed by atoms with E-state index in [0.29, 0.717) is 22.1 Å². The Morgan fingerprint density at radius 1 is 1.13 bits per heavy atom. The Bertz CT molecular complexity index is 1270. The molecule has 1 atom stereocenters. The largest absolute Gasteiger partial charge is 0.436 e. The predicted molar refractivity (Wildman–Crippen MR) is 114 cm³/mol. The Hall–Kier alpha value is -2.90. The van der Waals surface area contributed by atoms with Crippen LogP contribution >= 0.6 is 23.2 Å². The van der Waals surface area contributed by atoms with Crippen molar-refractivity contribution in [2.24, 2.45) is 4.99 Å². The highest BCUT2D eigenvalue weighted by Gasteiger charge is 2.33. The molecule has 0 bridgehead atoms. The molecule has 3 aromatic rings. The summed E-state index contributed by atoms with van der Waals surface area (Å²) in [6.07, 6.45) is -1.84. The van der Waals surface area contributed by atoms with E-state index in [2.05, 4.69) is 9.98 Å². The van der Waals surface area contributed by atoms with Crippen molar-refractivity contribution in [3.8, 4) is 16.9 Å². The zero-order valence-corrected chi connectivity index (χ0v) is 17.4. The van der Waals surface area contributed by atoms with Crippen LogP contribution < -0.4 is 4.74 Å². The van der Waals surface area contributed by atoms with Crippen LogP contribution in [0.5, 0.6) is 5.75 Å². The van der Waals surface area contributed by atoms with E-state index in [0.717, 1.165) is 6.07 Å². The first kappa shape index (κ1) is 21.3. The molecule has 0 saturated heterocycles. The Kier molecular flexibility index (Phi) is 5.49. The molecule has 4 rings (SSSR count). The third-order valence-corrected chi connectivity index (χ3v) is 5.22. The molecule has 0 N–H and O–H groups in total. The summed E-state index contributed by atoms with van der Waals surface area (Å²) < 4.78 is 45.9. The number of Topliss-reactive ketones (excluding diaryl/α,β-unsaturated/α-hetero) is 1. The van der Waals surface area contributed by atoms with Crippen LogP contribution in [0.4, 0.5) is 13.2 Å². The molecule has 0 saturated carbocycles. The number of aromatic nitrogens is 1. The van der Waals surface area contributed by atoms with E-state index in [4.69, 9.17) is 27.9 Å². The Morgan fingerprint density at radius 2 is 1.87 bits per heavy atom. The van der Waals surface area contributed by atoms with Crippen molar-refractivity contribution in [3.63, 3.8) is 0 Å². The summed E-state index contributed by atoms with van der Waals surface area (Å²) in [5, 5.41) is -0.610. The lowest BCUT2D eigenvalue weighted by Gasteiger charge is -2.16. The first-order valence-corrected chi connectivity index (χ1v) is 9.84. The van der Waals surface area contributed by atoms with E-state index in [9.17, 15) is 18.0 Å². The van der Waals surface area contributed by atoms with E-state index < -0.39 is 22.9 Å². The number of para-hydroxylation sites is 1. The Morgan fingerprint density at radius 3 is 2.61 bits per heavy atom. The van der Waals surface area contributed by atoms with Crippen molar-refractivity contribution >= 4 is 45.8 Å². The number of nitrogens with zero attached hydrogens (tertiary/aromatic N) is 2. The van der Waals surface area contributed by atoms with E-state index in [1.807, 2.05) is 0 Å². The number of fused-ring (bicyclic) bond motifs is 1. The van der Waals surface area contributed by atoms with Crippen molar-refractivity contribution < 1.29 is 22.7 Å². The van der Waals surface area contributed by atoms with Crippen LogP contribution in [0.2, 0.25) is 0 Å². The number of allylic oxidation sites excluding steroid dienone is 1. The highest BCUT2D eigenvalue weighted by Crippen LogP contribution is 2.38. The third-order valence-electron chi connectivity index (χ3n) is 4.68. The minimum atomic E-state index is -4.53. The highest BCUT2D eigenvalue weighted by molar-refractivity contribution is 6.52. The predicted octanol–water partition coefficient (Wildman–Crippen LogP) is 6.28. The normalized spacial score (nSPS) is 16.8. The van der Waals surface area contributed by atoms with Crippen LogP contribution in [0.25, 0.3) is 22.0 Å². The molecular formula is C22H13Cl2F3N2O2. The molecule has 158 valence electrons. The molecule has 31 heavy (non-hydrogen) atoms. The van der Waals surface area contributed by atoms with Gasteiger partial charge in [0.2, 0.25) is 5.78 Å². The van der Waals surface area contributed by atoms with Gasteiger partial charge in [-0.05, 0) is 47.9 Å². The number of alkyl halides is 4. The Labute approximate surface area is 185 Å². The van der Waals surface area contributed by atoms with Crippen LogP contribution in [0.1, 0.15) is 11.1 Å². The molecule has 0 radical (unpaired) electrons. The molecule has 9 heteroatoms. The monoisotopic (exact) mass is 464 g/mol. The first-order valence-electron chi connectivity index (χ1n) is 9.03. The molecule has 2 heterocycles. The maximum Gasteiger partial charge on any atom is 0.418 e. The number of ether oxygens (including phenoxy) is 1. The van der Waals surface area contributed by atoms with Crippen LogP contribution in [0.15, 0.2) is 64.9 Å². The lowest BCUT2D eigenvalue weighted by Crippen LogP contribution is -2.30. The fourth-order valence-electron chi connectivity index (χ4n) is 3.34. The number of pyridine rings is 1. The van der Waals surface area contributed by atoms with Crippen LogP contribution in [0.3, 0.4) is 0 Å². The van der Waals surface area contributed by atoms with Crippen LogP contribution in [-0.4, -0.2) is 22.0 Å². The second-order valence-corrected chi connectivity index (χ2v) is 7.68. The summed E-state index contributed by atoms with van der Waals surface area (Å²) in [5.41, 5.74) is 0.897. The van der Waals surface area contributed by atoms with E-state index in [-0.39, 0.29) is 22.3 Å². The minimum absolute atomic E-state index is 0.0291. The van der Waals surface area contributed by atoms with Crippen molar-refractivity contribution in [1.29, 1.82) is 0 Å². The minimum Gasteiger partial charge on any atom is -0.436 e. The van der Waals surface area contributed by atoms with Gasteiger partial charge >= 0.3 is 6.18 Å². The smallest absolute Gasteiger partial charge is 0.418 e. The van der Waals surface area contributed by atoms with Crippen molar-refractivity contribution in [1.82, 2.24) is 4.98 Å². The molecule has 0 spiro atoms. The zero-order chi connectivity index (χ0) is 22.3. The van der Waals surface area contributed by atoms with Gasteiger partial charge in [-0.25, -0.2) is 0 Å². The number of hydrogen-bond acceptors (Lipinski definition) is 4. The number of aryl methyl sites for hydroxylation is 1. The molecule has 0 fully saturated rings. The standard InChI is InChI=1S/C22H13Cl2F3N2O2/c1-11-10-28-19-14(6-3-7-15(19)22(25,26)27)18(11)12-4-2-5-13(8-12)31-21-20(30)16(23)9-17(24)29-21/h2-10,16H,1H3. The number of ketones is 1. The molecule has 2 aromatic carbocycles. The molecule has 0 amide bonds. The number of rotatable bonds is 2. The second-order valence-electron chi connectivity index (χ2n) is 6.82. The van der Waals surface area contributed by atoms with Gasteiger partial charge in [0.25, 0.3) is 5.90 Å². The van der Waals surface area contributed by atoms with Crippen LogP contribution in [-0.2, 0) is 11.0 Å². The summed E-state index contributed by atoms with van der Waals surface area (Å²) in [6, 6.07) is 10.5. The van der Waals surface area contributed by atoms with Gasteiger partial charge in [0.15, 0.2) is 0 Å². The van der Waals surface area contributed by atoms with Crippen molar-refractivity contribution in [2.75, 3.05) is 0 Å². The lowest BCUT2D eigenvalue weighted by atomic mass is 9.95. The summed E-state index contributed by atoms with van der Waals surface area (Å²) in [7, 11) is 0. The van der Waals surface area contributed by atoms with Gasteiger partial charge in [-0.1, -0.05) is 35.9 Å². The zero-order valence-electron chi connectivity index (χ0n) is 15.9. The molecule has 0 aliphatic carbocycles.